The molecule has 1 atom stereocenters. The van der Waals surface area contributed by atoms with Gasteiger partial charge in [-0.25, -0.2) is 14.6 Å². The molecule has 0 bridgehead atoms. The van der Waals surface area contributed by atoms with E-state index in [0.717, 1.165) is 30.8 Å². The van der Waals surface area contributed by atoms with Gasteiger partial charge in [-0.05, 0) is 19.3 Å². The van der Waals surface area contributed by atoms with E-state index in [1.165, 1.54) is 12.0 Å². The Labute approximate surface area is 92.9 Å². The molecule has 0 spiro atoms. The number of imidazole rings is 1. The molecule has 2 aromatic rings. The lowest BCUT2D eigenvalue weighted by Gasteiger charge is -2.15. The van der Waals surface area contributed by atoms with Crippen LogP contribution >= 0.6 is 0 Å². The van der Waals surface area contributed by atoms with Crippen LogP contribution in [0.1, 0.15) is 36.1 Å². The molecule has 6 heteroatoms. The van der Waals surface area contributed by atoms with Crippen molar-refractivity contribution in [3.63, 3.8) is 0 Å². The van der Waals surface area contributed by atoms with E-state index in [-0.39, 0.29) is 6.04 Å². The van der Waals surface area contributed by atoms with Crippen LogP contribution in [0.15, 0.2) is 12.7 Å². The molecule has 0 radical (unpaired) electrons. The molecule has 0 aromatic carbocycles. The summed E-state index contributed by atoms with van der Waals surface area (Å²) in [4.78, 5) is 11.8. The van der Waals surface area contributed by atoms with Crippen LogP contribution in [0.5, 0.6) is 0 Å². The molecule has 2 aromatic heterocycles. The number of fused-ring (bicyclic) bond motifs is 1. The van der Waals surface area contributed by atoms with Gasteiger partial charge < -0.3 is 10.7 Å². The zero-order valence-electron chi connectivity index (χ0n) is 8.93. The van der Waals surface area contributed by atoms with Gasteiger partial charge in [0.15, 0.2) is 0 Å². The molecule has 2 heterocycles. The van der Waals surface area contributed by atoms with Gasteiger partial charge in [0.2, 0.25) is 0 Å². The average molecular weight is 218 g/mol. The molecule has 84 valence electrons. The van der Waals surface area contributed by atoms with Crippen LogP contribution in [0.25, 0.3) is 0 Å². The maximum Gasteiger partial charge on any atom is 0.137 e. The number of nitrogens with two attached hydrogens (primary N) is 1. The van der Waals surface area contributed by atoms with Gasteiger partial charge >= 0.3 is 0 Å². The second-order valence-electron chi connectivity index (χ2n) is 4.14. The summed E-state index contributed by atoms with van der Waals surface area (Å²) in [6.45, 7) is 0.625. The molecule has 0 fully saturated rings. The molecule has 16 heavy (non-hydrogen) atoms. The number of nitrogens with one attached hydrogen (secondary N) is 1. The number of aromatic amines is 1. The topological polar surface area (TPSA) is 85.4 Å². The maximum absolute atomic E-state index is 6.02. The van der Waals surface area contributed by atoms with Crippen molar-refractivity contribution >= 4 is 0 Å². The molecule has 0 saturated carbocycles. The number of H-pyrrole nitrogens is 1. The monoisotopic (exact) mass is 218 g/mol. The number of rotatable bonds is 2. The Morgan fingerprint density at radius 1 is 1.56 bits per heavy atom. The predicted octanol–water partition coefficient (Wildman–Crippen LogP) is 0.386. The van der Waals surface area contributed by atoms with Crippen molar-refractivity contribution in [2.75, 3.05) is 0 Å². The summed E-state index contributed by atoms with van der Waals surface area (Å²) in [6, 6.07) is 0.0875. The molecule has 1 aliphatic rings. The van der Waals surface area contributed by atoms with Gasteiger partial charge in [-0.3, -0.25) is 0 Å². The van der Waals surface area contributed by atoms with Crippen LogP contribution in [0, 0.1) is 0 Å². The summed E-state index contributed by atoms with van der Waals surface area (Å²) in [7, 11) is 0. The summed E-state index contributed by atoms with van der Waals surface area (Å²) in [5, 5.41) is 4.05. The first kappa shape index (κ1) is 9.53. The lowest BCUT2D eigenvalue weighted by molar-refractivity contribution is 0.555. The lowest BCUT2D eigenvalue weighted by Crippen LogP contribution is -2.17. The molecule has 1 aliphatic carbocycles. The average Bonchev–Trinajstić information content (AvgIpc) is 2.88. The molecule has 0 amide bonds. The first-order valence-electron chi connectivity index (χ1n) is 5.48. The minimum atomic E-state index is 0.0875. The second kappa shape index (κ2) is 3.71. The van der Waals surface area contributed by atoms with Crippen molar-refractivity contribution in [1.29, 1.82) is 0 Å². The first-order chi connectivity index (χ1) is 7.83. The third kappa shape index (κ3) is 1.61. The Kier molecular flexibility index (Phi) is 2.21. The van der Waals surface area contributed by atoms with Crippen molar-refractivity contribution in [2.24, 2.45) is 5.73 Å². The van der Waals surface area contributed by atoms with Crippen molar-refractivity contribution in [1.82, 2.24) is 24.7 Å². The Morgan fingerprint density at radius 3 is 3.25 bits per heavy atom. The van der Waals surface area contributed by atoms with Gasteiger partial charge in [0.1, 0.15) is 25.0 Å². The zero-order chi connectivity index (χ0) is 11.0. The third-order valence-electron chi connectivity index (χ3n) is 2.93. The van der Waals surface area contributed by atoms with E-state index in [2.05, 4.69) is 20.1 Å². The highest BCUT2D eigenvalue weighted by Crippen LogP contribution is 2.25. The van der Waals surface area contributed by atoms with Crippen LogP contribution < -0.4 is 5.73 Å². The molecule has 1 unspecified atom stereocenters. The van der Waals surface area contributed by atoms with Gasteiger partial charge in [0, 0.05) is 11.7 Å². The van der Waals surface area contributed by atoms with Gasteiger partial charge in [-0.2, -0.15) is 5.10 Å². The Hall–Kier alpha value is -1.69. The number of hydrogen-bond acceptors (Lipinski definition) is 4. The van der Waals surface area contributed by atoms with E-state index in [9.17, 15) is 0 Å². The SMILES string of the molecule is NC1CCCc2[nH]c(Cn3cncn3)nc21. The lowest BCUT2D eigenvalue weighted by atomic mass is 9.97. The molecule has 3 N–H and O–H groups in total. The molecule has 0 saturated heterocycles. The minimum absolute atomic E-state index is 0.0875. The highest BCUT2D eigenvalue weighted by Gasteiger charge is 2.21. The van der Waals surface area contributed by atoms with E-state index < -0.39 is 0 Å². The summed E-state index contributed by atoms with van der Waals surface area (Å²) in [6.07, 6.45) is 6.42. The maximum atomic E-state index is 6.02. The fraction of sp³-hybridized carbons (Fsp3) is 0.500. The number of hydrogen-bond donors (Lipinski definition) is 2. The predicted molar refractivity (Wildman–Crippen MR) is 57.6 cm³/mol. The van der Waals surface area contributed by atoms with Crippen LogP contribution in [0.4, 0.5) is 0 Å². The first-order valence-corrected chi connectivity index (χ1v) is 5.48. The standard InChI is InChI=1S/C10H14N6/c11-7-2-1-3-8-10(7)15-9(14-8)4-16-6-12-5-13-16/h5-7H,1-4,11H2,(H,14,15). The van der Waals surface area contributed by atoms with Crippen LogP contribution in [-0.4, -0.2) is 24.7 Å². The normalized spacial score (nSPS) is 19.7. The summed E-state index contributed by atoms with van der Waals surface area (Å²) < 4.78 is 1.75. The van der Waals surface area contributed by atoms with E-state index in [0.29, 0.717) is 6.54 Å². The van der Waals surface area contributed by atoms with E-state index in [4.69, 9.17) is 5.73 Å². The summed E-state index contributed by atoms with van der Waals surface area (Å²) >= 11 is 0. The summed E-state index contributed by atoms with van der Waals surface area (Å²) in [5.74, 6) is 0.910. The highest BCUT2D eigenvalue weighted by atomic mass is 15.3. The highest BCUT2D eigenvalue weighted by molar-refractivity contribution is 5.21. The van der Waals surface area contributed by atoms with Crippen molar-refractivity contribution in [3.05, 3.63) is 29.9 Å². The van der Waals surface area contributed by atoms with Gasteiger partial charge in [0.25, 0.3) is 0 Å². The number of aryl methyl sites for hydroxylation is 1. The molecular formula is C10H14N6. The minimum Gasteiger partial charge on any atom is -0.344 e. The molecule has 6 nitrogen and oxygen atoms in total. The number of nitrogens with zero attached hydrogens (tertiary/aromatic N) is 4. The Morgan fingerprint density at radius 2 is 2.50 bits per heavy atom. The molecular weight excluding hydrogens is 204 g/mol. The van der Waals surface area contributed by atoms with E-state index in [1.807, 2.05) is 0 Å². The Balaban J connectivity index is 1.87. The van der Waals surface area contributed by atoms with Gasteiger partial charge in [0.05, 0.1) is 5.69 Å². The van der Waals surface area contributed by atoms with E-state index in [1.54, 1.807) is 11.0 Å². The second-order valence-corrected chi connectivity index (χ2v) is 4.14. The number of aromatic nitrogens is 5. The van der Waals surface area contributed by atoms with Crippen molar-refractivity contribution in [2.45, 2.75) is 31.8 Å². The zero-order valence-corrected chi connectivity index (χ0v) is 8.93. The smallest absolute Gasteiger partial charge is 0.137 e. The van der Waals surface area contributed by atoms with Gasteiger partial charge in [-0.15, -0.1) is 0 Å². The van der Waals surface area contributed by atoms with Crippen LogP contribution in [0.3, 0.4) is 0 Å². The Bertz CT molecular complexity index is 471. The summed E-state index contributed by atoms with van der Waals surface area (Å²) in [5.41, 5.74) is 8.23. The quantitative estimate of drug-likeness (QED) is 0.763. The fourth-order valence-electron chi connectivity index (χ4n) is 2.15. The fourth-order valence-corrected chi connectivity index (χ4v) is 2.15. The van der Waals surface area contributed by atoms with Crippen molar-refractivity contribution in [3.8, 4) is 0 Å². The molecule has 0 aliphatic heterocycles. The largest absolute Gasteiger partial charge is 0.344 e. The van der Waals surface area contributed by atoms with Crippen LogP contribution in [0.2, 0.25) is 0 Å². The van der Waals surface area contributed by atoms with E-state index >= 15 is 0 Å². The van der Waals surface area contributed by atoms with Crippen LogP contribution in [-0.2, 0) is 13.0 Å². The van der Waals surface area contributed by atoms with Crippen molar-refractivity contribution < 1.29 is 0 Å². The van der Waals surface area contributed by atoms with Gasteiger partial charge in [-0.1, -0.05) is 0 Å². The third-order valence-corrected chi connectivity index (χ3v) is 2.93. The molecule has 3 rings (SSSR count).